The van der Waals surface area contributed by atoms with Crippen molar-refractivity contribution in [3.05, 3.63) is 0 Å². The van der Waals surface area contributed by atoms with Gasteiger partial charge in [0.1, 0.15) is 0 Å². The Morgan fingerprint density at radius 2 is 2.00 bits per heavy atom. The Labute approximate surface area is 118 Å². The zero-order valence-electron chi connectivity index (χ0n) is 12.7. The lowest BCUT2D eigenvalue weighted by Gasteiger charge is -2.38. The van der Waals surface area contributed by atoms with Crippen LogP contribution >= 0.6 is 0 Å². The molecule has 1 saturated heterocycles. The van der Waals surface area contributed by atoms with E-state index in [9.17, 15) is 5.11 Å². The van der Waals surface area contributed by atoms with Crippen molar-refractivity contribution in [2.45, 2.75) is 38.1 Å². The molecule has 0 amide bonds. The average molecular weight is 269 g/mol. The van der Waals surface area contributed by atoms with Crippen LogP contribution in [-0.4, -0.2) is 73.4 Å². The summed E-state index contributed by atoms with van der Waals surface area (Å²) in [5, 5.41) is 13.6. The number of aliphatic hydroxyl groups excluding tert-OH is 1. The first-order chi connectivity index (χ1) is 9.20. The van der Waals surface area contributed by atoms with Crippen LogP contribution in [0, 0.1) is 5.92 Å². The van der Waals surface area contributed by atoms with E-state index in [1.54, 1.807) is 0 Å². The molecular formula is C15H31N3O. The highest BCUT2D eigenvalue weighted by atomic mass is 16.3. The molecule has 2 fully saturated rings. The van der Waals surface area contributed by atoms with Gasteiger partial charge in [-0.1, -0.05) is 6.92 Å². The number of likely N-dealkylation sites (N-methyl/N-ethyl adjacent to an activating group) is 1. The van der Waals surface area contributed by atoms with Crippen molar-refractivity contribution in [2.24, 2.45) is 5.92 Å². The highest BCUT2D eigenvalue weighted by Crippen LogP contribution is 2.40. The van der Waals surface area contributed by atoms with Gasteiger partial charge in [0.05, 0.1) is 12.1 Å². The average Bonchev–Trinajstić information content (AvgIpc) is 3.24. The second-order valence-electron chi connectivity index (χ2n) is 6.45. The summed E-state index contributed by atoms with van der Waals surface area (Å²) in [7, 11) is 2.21. The van der Waals surface area contributed by atoms with Crippen LogP contribution in [0.2, 0.25) is 0 Å². The normalized spacial score (nSPS) is 26.1. The lowest BCUT2D eigenvalue weighted by molar-refractivity contribution is 0.0921. The molecule has 2 N–H and O–H groups in total. The summed E-state index contributed by atoms with van der Waals surface area (Å²) in [4.78, 5) is 4.97. The molecule has 0 aromatic rings. The highest BCUT2D eigenvalue weighted by Gasteiger charge is 2.45. The molecule has 4 nitrogen and oxygen atoms in total. The van der Waals surface area contributed by atoms with E-state index in [4.69, 9.17) is 0 Å². The fraction of sp³-hybridized carbons (Fsp3) is 1.00. The number of nitrogens with zero attached hydrogens (tertiary/aromatic N) is 2. The molecule has 1 aliphatic heterocycles. The predicted molar refractivity (Wildman–Crippen MR) is 79.4 cm³/mol. The maximum Gasteiger partial charge on any atom is 0.0628 e. The Morgan fingerprint density at radius 3 is 2.63 bits per heavy atom. The van der Waals surface area contributed by atoms with Crippen LogP contribution in [0.5, 0.6) is 0 Å². The Hall–Kier alpha value is -0.160. The summed E-state index contributed by atoms with van der Waals surface area (Å²) in [6.07, 6.45) is 4.95. The maximum absolute atomic E-state index is 9.97. The molecule has 0 aromatic heterocycles. The van der Waals surface area contributed by atoms with Crippen LogP contribution in [0.25, 0.3) is 0 Å². The van der Waals surface area contributed by atoms with E-state index in [0.29, 0.717) is 5.92 Å². The molecule has 4 heteroatoms. The monoisotopic (exact) mass is 269 g/mol. The molecule has 1 heterocycles. The molecule has 0 spiro atoms. The largest absolute Gasteiger partial charge is 0.394 e. The van der Waals surface area contributed by atoms with Gasteiger partial charge in [-0.25, -0.2) is 0 Å². The van der Waals surface area contributed by atoms with Crippen molar-refractivity contribution in [3.63, 3.8) is 0 Å². The van der Waals surface area contributed by atoms with Gasteiger partial charge in [0.2, 0.25) is 0 Å². The number of hydrogen-bond acceptors (Lipinski definition) is 4. The topological polar surface area (TPSA) is 38.7 Å². The van der Waals surface area contributed by atoms with E-state index >= 15 is 0 Å². The second-order valence-corrected chi connectivity index (χ2v) is 6.45. The van der Waals surface area contributed by atoms with Gasteiger partial charge in [-0.15, -0.1) is 0 Å². The molecular weight excluding hydrogens is 238 g/mol. The molecule has 0 radical (unpaired) electrons. The van der Waals surface area contributed by atoms with Gasteiger partial charge in [0.25, 0.3) is 0 Å². The first kappa shape index (κ1) is 15.2. The Morgan fingerprint density at radius 1 is 1.21 bits per heavy atom. The third-order valence-corrected chi connectivity index (χ3v) is 4.69. The minimum absolute atomic E-state index is 0.0427. The van der Waals surface area contributed by atoms with E-state index in [0.717, 1.165) is 32.6 Å². The fourth-order valence-corrected chi connectivity index (χ4v) is 3.23. The first-order valence-corrected chi connectivity index (χ1v) is 7.97. The summed E-state index contributed by atoms with van der Waals surface area (Å²) < 4.78 is 0. The quantitative estimate of drug-likeness (QED) is 0.716. The van der Waals surface area contributed by atoms with Gasteiger partial charge in [0.15, 0.2) is 0 Å². The third kappa shape index (κ3) is 4.15. The minimum atomic E-state index is -0.0427. The Balaban J connectivity index is 1.94. The van der Waals surface area contributed by atoms with E-state index in [1.165, 1.54) is 32.4 Å². The zero-order chi connectivity index (χ0) is 13.7. The first-order valence-electron chi connectivity index (χ1n) is 7.97. The number of aliphatic hydroxyl groups is 1. The molecule has 1 unspecified atom stereocenters. The van der Waals surface area contributed by atoms with E-state index in [2.05, 4.69) is 29.1 Å². The van der Waals surface area contributed by atoms with Crippen LogP contribution in [0.15, 0.2) is 0 Å². The molecule has 2 rings (SSSR count). The smallest absolute Gasteiger partial charge is 0.0628 e. The molecule has 19 heavy (non-hydrogen) atoms. The Bertz CT molecular complexity index is 270. The molecule has 112 valence electrons. The fourth-order valence-electron chi connectivity index (χ4n) is 3.23. The van der Waals surface area contributed by atoms with Gasteiger partial charge in [0, 0.05) is 19.6 Å². The van der Waals surface area contributed by atoms with Crippen molar-refractivity contribution in [2.75, 3.05) is 52.9 Å². The molecule has 0 aromatic carbocycles. The van der Waals surface area contributed by atoms with Crippen molar-refractivity contribution < 1.29 is 5.11 Å². The second kappa shape index (κ2) is 7.02. The summed E-state index contributed by atoms with van der Waals surface area (Å²) in [6, 6.07) is 0. The number of nitrogens with one attached hydrogen (secondary N) is 1. The van der Waals surface area contributed by atoms with Crippen LogP contribution in [0.4, 0.5) is 0 Å². The molecule has 1 saturated carbocycles. The summed E-state index contributed by atoms with van der Waals surface area (Å²) >= 11 is 0. The van der Waals surface area contributed by atoms with Gasteiger partial charge in [-0.2, -0.15) is 0 Å². The van der Waals surface area contributed by atoms with E-state index in [1.807, 2.05) is 0 Å². The zero-order valence-corrected chi connectivity index (χ0v) is 12.7. The minimum Gasteiger partial charge on any atom is -0.394 e. The third-order valence-electron chi connectivity index (χ3n) is 4.69. The molecule has 1 atom stereocenters. The van der Waals surface area contributed by atoms with Crippen molar-refractivity contribution in [3.8, 4) is 0 Å². The van der Waals surface area contributed by atoms with E-state index < -0.39 is 0 Å². The standard InChI is InChI=1S/C15H31N3O/c1-3-7-16-15(13-19,14-5-6-14)12-18-9-4-8-17(2)10-11-18/h14,16,19H,3-13H2,1-2H3. The van der Waals surface area contributed by atoms with Crippen molar-refractivity contribution in [1.29, 1.82) is 0 Å². The van der Waals surface area contributed by atoms with Crippen LogP contribution in [0.1, 0.15) is 32.6 Å². The molecule has 0 bridgehead atoms. The number of hydrogen-bond donors (Lipinski definition) is 2. The van der Waals surface area contributed by atoms with E-state index in [-0.39, 0.29) is 12.1 Å². The lowest BCUT2D eigenvalue weighted by atomic mass is 9.92. The lowest BCUT2D eigenvalue weighted by Crippen LogP contribution is -2.58. The van der Waals surface area contributed by atoms with Gasteiger partial charge in [-0.05, 0) is 58.3 Å². The van der Waals surface area contributed by atoms with Crippen LogP contribution in [0.3, 0.4) is 0 Å². The maximum atomic E-state index is 9.97. The van der Waals surface area contributed by atoms with Crippen molar-refractivity contribution in [1.82, 2.24) is 15.1 Å². The van der Waals surface area contributed by atoms with Gasteiger partial charge < -0.3 is 20.2 Å². The van der Waals surface area contributed by atoms with Gasteiger partial charge in [-0.3, -0.25) is 0 Å². The summed E-state index contributed by atoms with van der Waals surface area (Å²) in [6.45, 7) is 9.18. The van der Waals surface area contributed by atoms with Crippen molar-refractivity contribution >= 4 is 0 Å². The molecule has 1 aliphatic carbocycles. The Kier molecular flexibility index (Phi) is 5.63. The number of rotatable bonds is 7. The van der Waals surface area contributed by atoms with Gasteiger partial charge >= 0.3 is 0 Å². The van der Waals surface area contributed by atoms with Crippen LogP contribution in [-0.2, 0) is 0 Å². The SMILES string of the molecule is CCCNC(CO)(CN1CCCN(C)CC1)C1CC1. The predicted octanol–water partition coefficient (Wildman–Crippen LogP) is 0.765. The summed E-state index contributed by atoms with van der Waals surface area (Å²) in [5.74, 6) is 0.685. The highest BCUT2D eigenvalue weighted by molar-refractivity contribution is 5.03. The van der Waals surface area contributed by atoms with Crippen LogP contribution < -0.4 is 5.32 Å². The summed E-state index contributed by atoms with van der Waals surface area (Å²) in [5.41, 5.74) is -0.0427. The molecule has 2 aliphatic rings.